The number of hydrogen-bond donors (Lipinski definition) is 1. The lowest BCUT2D eigenvalue weighted by Gasteiger charge is -2.31. The first-order valence-corrected chi connectivity index (χ1v) is 9.94. The summed E-state index contributed by atoms with van der Waals surface area (Å²) >= 11 is 0. The molecular formula is C23H29FN2O2. The zero-order valence-electron chi connectivity index (χ0n) is 17.1. The number of carbonyl (C=O) groups is 1. The summed E-state index contributed by atoms with van der Waals surface area (Å²) in [6, 6.07) is 7.04. The van der Waals surface area contributed by atoms with Gasteiger partial charge in [-0.15, -0.1) is 0 Å². The standard InChI is InChI=1S/C23H29FN2O2/c1-14-11-18(24)9-10-19(14)20-12-21(25-13-22(20)26(3)4)17-7-5-16(6-8-17)15(2)23(27)28/h9-13,15-17H,5-8H2,1-4H3,(H,27,28). The SMILES string of the molecule is Cc1cc(F)ccc1-c1cc(C2CCC(C(C)C(=O)O)CC2)ncc1N(C)C. The average molecular weight is 384 g/mol. The first-order chi connectivity index (χ1) is 13.3. The van der Waals surface area contributed by atoms with Gasteiger partial charge in [-0.2, -0.15) is 0 Å². The number of aryl methyl sites for hydroxylation is 1. The van der Waals surface area contributed by atoms with E-state index in [9.17, 15) is 14.3 Å². The summed E-state index contributed by atoms with van der Waals surface area (Å²) in [6.07, 6.45) is 5.65. The number of aliphatic carboxylic acids is 1. The van der Waals surface area contributed by atoms with Crippen molar-refractivity contribution < 1.29 is 14.3 Å². The second-order valence-corrected chi connectivity index (χ2v) is 8.22. The van der Waals surface area contributed by atoms with Gasteiger partial charge in [0.05, 0.1) is 17.8 Å². The predicted octanol–water partition coefficient (Wildman–Crippen LogP) is 5.26. The van der Waals surface area contributed by atoms with Crippen LogP contribution in [0.3, 0.4) is 0 Å². The highest BCUT2D eigenvalue weighted by atomic mass is 19.1. The number of hydrogen-bond acceptors (Lipinski definition) is 3. The van der Waals surface area contributed by atoms with Crippen molar-refractivity contribution in [2.75, 3.05) is 19.0 Å². The van der Waals surface area contributed by atoms with Crippen LogP contribution in [0.1, 0.15) is 49.8 Å². The van der Waals surface area contributed by atoms with Crippen molar-refractivity contribution >= 4 is 11.7 Å². The van der Waals surface area contributed by atoms with Crippen molar-refractivity contribution in [3.05, 3.63) is 47.5 Å². The summed E-state index contributed by atoms with van der Waals surface area (Å²) in [5.41, 5.74) is 5.03. The van der Waals surface area contributed by atoms with Crippen molar-refractivity contribution in [2.24, 2.45) is 11.8 Å². The Morgan fingerprint density at radius 2 is 1.86 bits per heavy atom. The molecule has 150 valence electrons. The lowest BCUT2D eigenvalue weighted by Crippen LogP contribution is -2.25. The molecule has 1 heterocycles. The van der Waals surface area contributed by atoms with E-state index in [1.807, 2.05) is 45.1 Å². The zero-order chi connectivity index (χ0) is 20.4. The van der Waals surface area contributed by atoms with Crippen molar-refractivity contribution in [3.63, 3.8) is 0 Å². The third-order valence-electron chi connectivity index (χ3n) is 6.15. The molecule has 5 heteroatoms. The first-order valence-electron chi connectivity index (χ1n) is 9.94. The van der Waals surface area contributed by atoms with E-state index in [0.717, 1.165) is 53.8 Å². The summed E-state index contributed by atoms with van der Waals surface area (Å²) in [7, 11) is 3.97. The van der Waals surface area contributed by atoms with E-state index in [-0.39, 0.29) is 17.7 Å². The van der Waals surface area contributed by atoms with Gasteiger partial charge < -0.3 is 10.0 Å². The maximum atomic E-state index is 13.6. The van der Waals surface area contributed by atoms with Gasteiger partial charge in [0.2, 0.25) is 0 Å². The third kappa shape index (κ3) is 4.18. The molecule has 1 saturated carbocycles. The average Bonchev–Trinajstić information content (AvgIpc) is 2.67. The summed E-state index contributed by atoms with van der Waals surface area (Å²) in [5, 5.41) is 9.26. The number of nitrogens with zero attached hydrogens (tertiary/aromatic N) is 2. The molecule has 1 N–H and O–H groups in total. The van der Waals surface area contributed by atoms with Gasteiger partial charge in [0.15, 0.2) is 0 Å². The van der Waals surface area contributed by atoms with Crippen LogP contribution in [0, 0.1) is 24.6 Å². The Labute approximate surface area is 166 Å². The van der Waals surface area contributed by atoms with Crippen molar-refractivity contribution in [1.82, 2.24) is 4.98 Å². The number of halogens is 1. The van der Waals surface area contributed by atoms with Crippen LogP contribution < -0.4 is 4.90 Å². The molecule has 1 atom stereocenters. The number of aromatic nitrogens is 1. The Balaban J connectivity index is 1.89. The summed E-state index contributed by atoms with van der Waals surface area (Å²) in [6.45, 7) is 3.74. The molecule has 1 aliphatic carbocycles. The van der Waals surface area contributed by atoms with Crippen LogP contribution in [-0.4, -0.2) is 30.2 Å². The molecule has 1 aliphatic rings. The molecule has 4 nitrogen and oxygen atoms in total. The quantitative estimate of drug-likeness (QED) is 0.764. The number of benzene rings is 1. The lowest BCUT2D eigenvalue weighted by molar-refractivity contribution is -0.143. The molecule has 28 heavy (non-hydrogen) atoms. The molecule has 0 aliphatic heterocycles. The molecule has 1 aromatic carbocycles. The Bertz CT molecular complexity index is 858. The van der Waals surface area contributed by atoms with Gasteiger partial charge in [-0.25, -0.2) is 4.39 Å². The van der Waals surface area contributed by atoms with Gasteiger partial charge in [0.1, 0.15) is 5.82 Å². The van der Waals surface area contributed by atoms with Gasteiger partial charge in [0, 0.05) is 31.3 Å². The maximum absolute atomic E-state index is 13.6. The van der Waals surface area contributed by atoms with Crippen molar-refractivity contribution in [2.45, 2.75) is 45.4 Å². The first kappa shape index (κ1) is 20.3. The van der Waals surface area contributed by atoms with E-state index in [0.29, 0.717) is 5.92 Å². The second-order valence-electron chi connectivity index (χ2n) is 8.22. The van der Waals surface area contributed by atoms with E-state index in [1.54, 1.807) is 6.07 Å². The van der Waals surface area contributed by atoms with Crippen molar-refractivity contribution in [3.8, 4) is 11.1 Å². The highest BCUT2D eigenvalue weighted by molar-refractivity contribution is 5.80. The molecule has 0 radical (unpaired) electrons. The highest BCUT2D eigenvalue weighted by Gasteiger charge is 2.30. The molecule has 0 bridgehead atoms. The van der Waals surface area contributed by atoms with E-state index in [1.165, 1.54) is 6.07 Å². The zero-order valence-corrected chi connectivity index (χ0v) is 17.1. The smallest absolute Gasteiger partial charge is 0.306 e. The largest absolute Gasteiger partial charge is 0.481 e. The van der Waals surface area contributed by atoms with Gasteiger partial charge >= 0.3 is 5.97 Å². The van der Waals surface area contributed by atoms with Crippen molar-refractivity contribution in [1.29, 1.82) is 0 Å². The summed E-state index contributed by atoms with van der Waals surface area (Å²) in [4.78, 5) is 18.0. The molecule has 0 amide bonds. The van der Waals surface area contributed by atoms with E-state index in [4.69, 9.17) is 4.98 Å². The minimum Gasteiger partial charge on any atom is -0.481 e. The van der Waals surface area contributed by atoms with Gasteiger partial charge in [0.25, 0.3) is 0 Å². The third-order valence-corrected chi connectivity index (χ3v) is 6.15. The number of pyridine rings is 1. The Morgan fingerprint density at radius 1 is 1.18 bits per heavy atom. The molecule has 2 aromatic rings. The van der Waals surface area contributed by atoms with Crippen LogP contribution >= 0.6 is 0 Å². The minimum absolute atomic E-state index is 0.229. The van der Waals surface area contributed by atoms with Crippen LogP contribution in [0.4, 0.5) is 10.1 Å². The maximum Gasteiger partial charge on any atom is 0.306 e. The Kier molecular flexibility index (Phi) is 6.01. The number of carboxylic acid groups (broad SMARTS) is 1. The molecule has 1 aromatic heterocycles. The summed E-state index contributed by atoms with van der Waals surface area (Å²) < 4.78 is 13.6. The number of anilines is 1. The fourth-order valence-corrected chi connectivity index (χ4v) is 4.31. The van der Waals surface area contributed by atoms with Crippen LogP contribution in [0.5, 0.6) is 0 Å². The molecule has 3 rings (SSSR count). The molecule has 1 fully saturated rings. The van der Waals surface area contributed by atoms with Crippen LogP contribution in [0.15, 0.2) is 30.5 Å². The van der Waals surface area contributed by atoms with E-state index < -0.39 is 5.97 Å². The molecule has 1 unspecified atom stereocenters. The van der Waals surface area contributed by atoms with Crippen LogP contribution in [-0.2, 0) is 4.79 Å². The molecule has 0 saturated heterocycles. The monoisotopic (exact) mass is 384 g/mol. The van der Waals surface area contributed by atoms with E-state index in [2.05, 4.69) is 6.07 Å². The topological polar surface area (TPSA) is 53.4 Å². The summed E-state index contributed by atoms with van der Waals surface area (Å²) in [5.74, 6) is -0.636. The Morgan fingerprint density at radius 3 is 2.43 bits per heavy atom. The second kappa shape index (κ2) is 8.29. The minimum atomic E-state index is -0.703. The highest BCUT2D eigenvalue weighted by Crippen LogP contribution is 2.40. The van der Waals surface area contributed by atoms with Gasteiger partial charge in [-0.3, -0.25) is 9.78 Å². The van der Waals surface area contributed by atoms with Gasteiger partial charge in [-0.05, 0) is 67.9 Å². The number of rotatable bonds is 5. The Hall–Kier alpha value is -2.43. The lowest BCUT2D eigenvalue weighted by atomic mass is 9.75. The molecule has 0 spiro atoms. The van der Waals surface area contributed by atoms with Crippen LogP contribution in [0.2, 0.25) is 0 Å². The van der Waals surface area contributed by atoms with Gasteiger partial charge in [-0.1, -0.05) is 13.0 Å². The fraction of sp³-hybridized carbons (Fsp3) is 0.478. The van der Waals surface area contributed by atoms with Crippen LogP contribution in [0.25, 0.3) is 11.1 Å². The predicted molar refractivity (Wildman–Crippen MR) is 110 cm³/mol. The normalized spacial score (nSPS) is 20.6. The number of carboxylic acids is 1. The van der Waals surface area contributed by atoms with E-state index >= 15 is 0 Å². The fourth-order valence-electron chi connectivity index (χ4n) is 4.31. The molecular weight excluding hydrogens is 355 g/mol.